The van der Waals surface area contributed by atoms with Gasteiger partial charge in [-0.1, -0.05) is 22.9 Å². The molecule has 1 aromatic carbocycles. The van der Waals surface area contributed by atoms with Crippen LogP contribution in [0, 0.1) is 6.92 Å². The molecule has 18 heavy (non-hydrogen) atoms. The lowest BCUT2D eigenvalue weighted by atomic mass is 10.1. The minimum absolute atomic E-state index is 0. The van der Waals surface area contributed by atoms with Gasteiger partial charge in [0.15, 0.2) is 0 Å². The molecule has 0 saturated carbocycles. The summed E-state index contributed by atoms with van der Waals surface area (Å²) in [6.07, 6.45) is 1.11. The molecule has 0 unspecified atom stereocenters. The van der Waals surface area contributed by atoms with Crippen LogP contribution in [0.25, 0.3) is 0 Å². The Hall–Kier alpha value is -0.580. The number of hydrogen-bond donors (Lipinski definition) is 2. The largest absolute Gasteiger partial charge is 0.351 e. The van der Waals surface area contributed by atoms with E-state index in [0.717, 1.165) is 29.5 Å². The zero-order valence-corrected chi connectivity index (χ0v) is 13.2. The van der Waals surface area contributed by atoms with Gasteiger partial charge >= 0.3 is 0 Å². The van der Waals surface area contributed by atoms with Crippen LogP contribution in [0.15, 0.2) is 22.7 Å². The van der Waals surface area contributed by atoms with Crippen molar-refractivity contribution >= 4 is 34.2 Å². The van der Waals surface area contributed by atoms with Gasteiger partial charge in [-0.2, -0.15) is 0 Å². The van der Waals surface area contributed by atoms with Gasteiger partial charge in [0.25, 0.3) is 5.91 Å². The van der Waals surface area contributed by atoms with Gasteiger partial charge in [-0.3, -0.25) is 4.79 Å². The molecule has 0 aromatic heterocycles. The number of halogens is 2. The quantitative estimate of drug-likeness (QED) is 0.785. The summed E-state index contributed by atoms with van der Waals surface area (Å²) in [5, 5.41) is 6.13. The summed E-state index contributed by atoms with van der Waals surface area (Å²) >= 11 is 3.42. The van der Waals surface area contributed by atoms with Crippen molar-refractivity contribution in [2.24, 2.45) is 0 Å². The molecule has 0 heterocycles. The van der Waals surface area contributed by atoms with Gasteiger partial charge in [-0.05, 0) is 43.7 Å². The Balaban J connectivity index is 0.00000289. The standard InChI is InChI=1S/C13H19BrN2O.ClH/c1-3-6-15-7-8-16-13(17)11-4-5-12(14)10(2)9-11;/h4-5,9,15H,3,6-8H2,1-2H3,(H,16,17);1H. The lowest BCUT2D eigenvalue weighted by Crippen LogP contribution is -2.32. The van der Waals surface area contributed by atoms with E-state index in [-0.39, 0.29) is 18.3 Å². The summed E-state index contributed by atoms with van der Waals surface area (Å²) in [6.45, 7) is 6.57. The highest BCUT2D eigenvalue weighted by molar-refractivity contribution is 9.10. The van der Waals surface area contributed by atoms with Crippen LogP contribution in [0.2, 0.25) is 0 Å². The zero-order chi connectivity index (χ0) is 12.7. The third-order valence-electron chi connectivity index (χ3n) is 2.43. The van der Waals surface area contributed by atoms with Crippen LogP contribution in [0.1, 0.15) is 29.3 Å². The Labute approximate surface area is 123 Å². The van der Waals surface area contributed by atoms with Gasteiger partial charge in [-0.15, -0.1) is 12.4 Å². The molecule has 0 aliphatic heterocycles. The molecule has 0 fully saturated rings. The van der Waals surface area contributed by atoms with E-state index in [9.17, 15) is 4.79 Å². The van der Waals surface area contributed by atoms with Crippen LogP contribution in [-0.2, 0) is 0 Å². The van der Waals surface area contributed by atoms with Crippen molar-refractivity contribution in [1.29, 1.82) is 0 Å². The number of carbonyl (C=O) groups excluding carboxylic acids is 1. The van der Waals surface area contributed by atoms with E-state index in [1.54, 1.807) is 0 Å². The van der Waals surface area contributed by atoms with Crippen molar-refractivity contribution in [3.05, 3.63) is 33.8 Å². The molecule has 1 amide bonds. The molecule has 2 N–H and O–H groups in total. The van der Waals surface area contributed by atoms with Crippen molar-refractivity contribution in [2.75, 3.05) is 19.6 Å². The maximum atomic E-state index is 11.8. The number of nitrogens with one attached hydrogen (secondary N) is 2. The van der Waals surface area contributed by atoms with Crippen molar-refractivity contribution in [1.82, 2.24) is 10.6 Å². The fourth-order valence-corrected chi connectivity index (χ4v) is 1.70. The van der Waals surface area contributed by atoms with Crippen LogP contribution in [0.4, 0.5) is 0 Å². The van der Waals surface area contributed by atoms with Gasteiger partial charge < -0.3 is 10.6 Å². The fraction of sp³-hybridized carbons (Fsp3) is 0.462. The molecule has 0 atom stereocenters. The topological polar surface area (TPSA) is 41.1 Å². The average molecular weight is 336 g/mol. The molecule has 0 radical (unpaired) electrons. The van der Waals surface area contributed by atoms with Crippen molar-refractivity contribution in [2.45, 2.75) is 20.3 Å². The Morgan fingerprint density at radius 3 is 2.61 bits per heavy atom. The number of aryl methyl sites for hydroxylation is 1. The number of hydrogen-bond acceptors (Lipinski definition) is 2. The van der Waals surface area contributed by atoms with E-state index < -0.39 is 0 Å². The van der Waals surface area contributed by atoms with E-state index in [0.29, 0.717) is 12.1 Å². The van der Waals surface area contributed by atoms with Crippen molar-refractivity contribution in [3.8, 4) is 0 Å². The van der Waals surface area contributed by atoms with E-state index >= 15 is 0 Å². The molecule has 1 rings (SSSR count). The number of carbonyl (C=O) groups is 1. The second kappa shape index (κ2) is 9.36. The maximum absolute atomic E-state index is 11.8. The molecule has 0 aliphatic rings. The molecule has 5 heteroatoms. The summed E-state index contributed by atoms with van der Waals surface area (Å²) in [4.78, 5) is 11.8. The molecule has 0 bridgehead atoms. The molecule has 3 nitrogen and oxygen atoms in total. The predicted molar refractivity (Wildman–Crippen MR) is 81.6 cm³/mol. The van der Waals surface area contributed by atoms with Crippen molar-refractivity contribution < 1.29 is 4.79 Å². The molecular formula is C13H20BrClN2O. The van der Waals surface area contributed by atoms with Gasteiger partial charge in [0.1, 0.15) is 0 Å². The van der Waals surface area contributed by atoms with Crippen LogP contribution < -0.4 is 10.6 Å². The minimum atomic E-state index is -0.0149. The van der Waals surface area contributed by atoms with Crippen LogP contribution in [0.3, 0.4) is 0 Å². The second-order valence-electron chi connectivity index (χ2n) is 3.97. The summed E-state index contributed by atoms with van der Waals surface area (Å²) in [6, 6.07) is 5.62. The van der Waals surface area contributed by atoms with E-state index in [1.165, 1.54) is 0 Å². The molecular weight excluding hydrogens is 316 g/mol. The monoisotopic (exact) mass is 334 g/mol. The minimum Gasteiger partial charge on any atom is -0.351 e. The maximum Gasteiger partial charge on any atom is 0.251 e. The Kier molecular flexibility index (Phi) is 9.06. The number of amides is 1. The third kappa shape index (κ3) is 5.85. The molecule has 1 aromatic rings. The van der Waals surface area contributed by atoms with E-state index in [2.05, 4.69) is 33.5 Å². The summed E-state index contributed by atoms with van der Waals surface area (Å²) in [7, 11) is 0. The Bertz CT molecular complexity index is 385. The Morgan fingerprint density at radius 2 is 2.00 bits per heavy atom. The number of rotatable bonds is 6. The smallest absolute Gasteiger partial charge is 0.251 e. The molecule has 0 spiro atoms. The normalized spacial score (nSPS) is 9.72. The summed E-state index contributed by atoms with van der Waals surface area (Å²) in [5.74, 6) is -0.0149. The first-order chi connectivity index (χ1) is 8.15. The van der Waals surface area contributed by atoms with Crippen LogP contribution in [-0.4, -0.2) is 25.5 Å². The first kappa shape index (κ1) is 17.4. The third-order valence-corrected chi connectivity index (χ3v) is 3.32. The van der Waals surface area contributed by atoms with E-state index in [1.807, 2.05) is 25.1 Å². The average Bonchev–Trinajstić information content (AvgIpc) is 2.32. The first-order valence-corrected chi connectivity index (χ1v) is 6.69. The highest BCUT2D eigenvalue weighted by Crippen LogP contribution is 2.16. The summed E-state index contributed by atoms with van der Waals surface area (Å²) < 4.78 is 1.03. The lowest BCUT2D eigenvalue weighted by Gasteiger charge is -2.07. The molecule has 0 aliphatic carbocycles. The lowest BCUT2D eigenvalue weighted by molar-refractivity contribution is 0.0954. The number of benzene rings is 1. The molecule has 102 valence electrons. The first-order valence-electron chi connectivity index (χ1n) is 5.90. The second-order valence-corrected chi connectivity index (χ2v) is 4.82. The molecule has 0 saturated heterocycles. The highest BCUT2D eigenvalue weighted by atomic mass is 79.9. The van der Waals surface area contributed by atoms with Gasteiger partial charge in [0.05, 0.1) is 0 Å². The van der Waals surface area contributed by atoms with Crippen LogP contribution in [0.5, 0.6) is 0 Å². The Morgan fingerprint density at radius 1 is 1.28 bits per heavy atom. The van der Waals surface area contributed by atoms with Crippen LogP contribution >= 0.6 is 28.3 Å². The van der Waals surface area contributed by atoms with Crippen molar-refractivity contribution in [3.63, 3.8) is 0 Å². The van der Waals surface area contributed by atoms with Gasteiger partial charge in [-0.25, -0.2) is 0 Å². The van der Waals surface area contributed by atoms with Gasteiger partial charge in [0.2, 0.25) is 0 Å². The predicted octanol–water partition coefficient (Wildman–Crippen LogP) is 2.91. The van der Waals surface area contributed by atoms with E-state index in [4.69, 9.17) is 0 Å². The highest BCUT2D eigenvalue weighted by Gasteiger charge is 2.05. The SMILES string of the molecule is CCCNCCNC(=O)c1ccc(Br)c(C)c1.Cl. The fourth-order valence-electron chi connectivity index (χ4n) is 1.45. The summed E-state index contributed by atoms with van der Waals surface area (Å²) in [5.41, 5.74) is 1.78. The van der Waals surface area contributed by atoms with Gasteiger partial charge in [0, 0.05) is 23.1 Å². The zero-order valence-electron chi connectivity index (χ0n) is 10.8.